The molecule has 0 saturated carbocycles. The molecule has 1 aromatic rings. The maximum atomic E-state index is 12.5. The highest BCUT2D eigenvalue weighted by Crippen LogP contribution is 2.35. The van der Waals surface area contributed by atoms with Crippen LogP contribution >= 0.6 is 0 Å². The molecule has 1 aromatic carbocycles. The van der Waals surface area contributed by atoms with Gasteiger partial charge in [-0.1, -0.05) is 12.1 Å². The van der Waals surface area contributed by atoms with Crippen molar-refractivity contribution < 1.29 is 17.9 Å². The highest BCUT2D eigenvalue weighted by atomic mass is 19.4. The Bertz CT molecular complexity index is 392. The third-order valence-electron chi connectivity index (χ3n) is 2.96. The van der Waals surface area contributed by atoms with E-state index in [2.05, 4.69) is 0 Å². The van der Waals surface area contributed by atoms with Crippen molar-refractivity contribution in [2.75, 3.05) is 6.54 Å². The molecule has 2 atom stereocenters. The quantitative estimate of drug-likeness (QED) is 0.869. The molecule has 0 spiro atoms. The normalized spacial score (nSPS) is 25.2. The molecule has 2 nitrogen and oxygen atoms in total. The fraction of sp³-hybridized carbons (Fsp3) is 0.500. The van der Waals surface area contributed by atoms with Gasteiger partial charge in [0.25, 0.3) is 0 Å². The Balaban J connectivity index is 2.17. The standard InChI is InChI=1S/C12H14F3NO/c13-12(14,15)9-3-1-2-8(6-9)11-5-4-10(7-16)17-11/h1-3,6,10-11H,4-5,7,16H2/t10-,11-/m1/s1. The third-order valence-corrected chi connectivity index (χ3v) is 2.96. The third kappa shape index (κ3) is 2.79. The van der Waals surface area contributed by atoms with E-state index in [1.807, 2.05) is 0 Å². The maximum absolute atomic E-state index is 12.5. The Hall–Kier alpha value is -1.07. The summed E-state index contributed by atoms with van der Waals surface area (Å²) in [4.78, 5) is 0. The zero-order valence-electron chi connectivity index (χ0n) is 9.20. The molecule has 1 saturated heterocycles. The monoisotopic (exact) mass is 245 g/mol. The maximum Gasteiger partial charge on any atom is 0.416 e. The summed E-state index contributed by atoms with van der Waals surface area (Å²) in [7, 11) is 0. The minimum Gasteiger partial charge on any atom is -0.369 e. The van der Waals surface area contributed by atoms with Gasteiger partial charge in [-0.3, -0.25) is 0 Å². The molecule has 1 aliphatic rings. The second-order valence-corrected chi connectivity index (χ2v) is 4.18. The van der Waals surface area contributed by atoms with E-state index in [9.17, 15) is 13.2 Å². The lowest BCUT2D eigenvalue weighted by Gasteiger charge is -2.14. The van der Waals surface area contributed by atoms with Crippen LogP contribution in [-0.4, -0.2) is 12.6 Å². The number of ether oxygens (including phenoxy) is 1. The van der Waals surface area contributed by atoms with E-state index in [-0.39, 0.29) is 12.2 Å². The van der Waals surface area contributed by atoms with E-state index in [4.69, 9.17) is 10.5 Å². The van der Waals surface area contributed by atoms with Gasteiger partial charge < -0.3 is 10.5 Å². The molecular formula is C12H14F3NO. The summed E-state index contributed by atoms with van der Waals surface area (Å²) in [6.07, 6.45) is -3.07. The molecule has 1 aliphatic heterocycles. The van der Waals surface area contributed by atoms with Crippen LogP contribution in [0, 0.1) is 0 Å². The number of halogens is 3. The zero-order valence-corrected chi connectivity index (χ0v) is 9.20. The van der Waals surface area contributed by atoms with Crippen molar-refractivity contribution in [3.8, 4) is 0 Å². The molecule has 1 heterocycles. The molecule has 5 heteroatoms. The average molecular weight is 245 g/mol. The van der Waals surface area contributed by atoms with Gasteiger partial charge in [0.05, 0.1) is 17.8 Å². The predicted molar refractivity (Wildman–Crippen MR) is 57.3 cm³/mol. The first kappa shape index (κ1) is 12.4. The summed E-state index contributed by atoms with van der Waals surface area (Å²) < 4.78 is 43.2. The van der Waals surface area contributed by atoms with Crippen LogP contribution in [0.25, 0.3) is 0 Å². The van der Waals surface area contributed by atoms with Crippen LogP contribution in [0.4, 0.5) is 13.2 Å². The molecule has 0 unspecified atom stereocenters. The summed E-state index contributed by atoms with van der Waals surface area (Å²) >= 11 is 0. The number of hydrogen-bond donors (Lipinski definition) is 1. The summed E-state index contributed by atoms with van der Waals surface area (Å²) in [6, 6.07) is 5.30. The van der Waals surface area contributed by atoms with E-state index >= 15 is 0 Å². The van der Waals surface area contributed by atoms with Gasteiger partial charge in [0.15, 0.2) is 0 Å². The molecule has 94 valence electrons. The van der Waals surface area contributed by atoms with Crippen LogP contribution in [0.3, 0.4) is 0 Å². The van der Waals surface area contributed by atoms with Gasteiger partial charge in [0, 0.05) is 6.54 Å². The Morgan fingerprint density at radius 2 is 2.06 bits per heavy atom. The lowest BCUT2D eigenvalue weighted by molar-refractivity contribution is -0.137. The van der Waals surface area contributed by atoms with Gasteiger partial charge in [0.2, 0.25) is 0 Å². The molecule has 0 radical (unpaired) electrons. The van der Waals surface area contributed by atoms with Crippen molar-refractivity contribution in [1.82, 2.24) is 0 Å². The Morgan fingerprint density at radius 3 is 2.65 bits per heavy atom. The van der Waals surface area contributed by atoms with Crippen molar-refractivity contribution in [2.45, 2.75) is 31.2 Å². The van der Waals surface area contributed by atoms with E-state index in [0.717, 1.165) is 25.0 Å². The highest BCUT2D eigenvalue weighted by molar-refractivity contribution is 5.27. The van der Waals surface area contributed by atoms with Crippen LogP contribution < -0.4 is 5.73 Å². The van der Waals surface area contributed by atoms with Gasteiger partial charge in [-0.25, -0.2) is 0 Å². The van der Waals surface area contributed by atoms with E-state index in [1.165, 1.54) is 6.07 Å². The first-order valence-electron chi connectivity index (χ1n) is 5.53. The molecule has 0 bridgehead atoms. The fourth-order valence-electron chi connectivity index (χ4n) is 2.04. The lowest BCUT2D eigenvalue weighted by atomic mass is 10.0. The molecule has 0 amide bonds. The van der Waals surface area contributed by atoms with Gasteiger partial charge in [-0.05, 0) is 30.5 Å². The van der Waals surface area contributed by atoms with Crippen molar-refractivity contribution >= 4 is 0 Å². The Kier molecular flexibility index (Phi) is 3.40. The minimum absolute atomic E-state index is 0.0328. The molecule has 0 aliphatic carbocycles. The van der Waals surface area contributed by atoms with Gasteiger partial charge in [-0.15, -0.1) is 0 Å². The molecule has 0 aromatic heterocycles. The molecular weight excluding hydrogens is 231 g/mol. The van der Waals surface area contributed by atoms with Gasteiger partial charge in [0.1, 0.15) is 0 Å². The first-order chi connectivity index (χ1) is 8.00. The topological polar surface area (TPSA) is 35.2 Å². The van der Waals surface area contributed by atoms with Crippen LogP contribution in [0.15, 0.2) is 24.3 Å². The van der Waals surface area contributed by atoms with Crippen LogP contribution in [0.1, 0.15) is 30.1 Å². The van der Waals surface area contributed by atoms with Crippen molar-refractivity contribution in [2.24, 2.45) is 5.73 Å². The van der Waals surface area contributed by atoms with Crippen LogP contribution in [0.5, 0.6) is 0 Å². The first-order valence-corrected chi connectivity index (χ1v) is 5.53. The van der Waals surface area contributed by atoms with Crippen LogP contribution in [0.2, 0.25) is 0 Å². The number of rotatable bonds is 2. The summed E-state index contributed by atoms with van der Waals surface area (Å²) in [5, 5.41) is 0. The summed E-state index contributed by atoms with van der Waals surface area (Å²) in [6.45, 7) is 0.412. The number of hydrogen-bond acceptors (Lipinski definition) is 2. The number of benzene rings is 1. The number of alkyl halides is 3. The predicted octanol–water partition coefficient (Wildman–Crippen LogP) is 2.88. The van der Waals surface area contributed by atoms with Gasteiger partial charge in [-0.2, -0.15) is 13.2 Å². The largest absolute Gasteiger partial charge is 0.416 e. The zero-order chi connectivity index (χ0) is 12.5. The second kappa shape index (κ2) is 4.66. The van der Waals surface area contributed by atoms with E-state index in [0.29, 0.717) is 12.1 Å². The Labute approximate surface area is 97.6 Å². The number of nitrogens with two attached hydrogens (primary N) is 1. The van der Waals surface area contributed by atoms with Crippen molar-refractivity contribution in [3.05, 3.63) is 35.4 Å². The highest BCUT2D eigenvalue weighted by Gasteiger charge is 2.32. The summed E-state index contributed by atoms with van der Waals surface area (Å²) in [5.41, 5.74) is 5.42. The second-order valence-electron chi connectivity index (χ2n) is 4.18. The van der Waals surface area contributed by atoms with Gasteiger partial charge >= 0.3 is 6.18 Å². The minimum atomic E-state index is -4.30. The summed E-state index contributed by atoms with van der Waals surface area (Å²) in [5.74, 6) is 0. The smallest absolute Gasteiger partial charge is 0.369 e. The molecule has 17 heavy (non-hydrogen) atoms. The Morgan fingerprint density at radius 1 is 1.29 bits per heavy atom. The van der Waals surface area contributed by atoms with Crippen LogP contribution in [-0.2, 0) is 10.9 Å². The molecule has 2 N–H and O–H groups in total. The SMILES string of the molecule is NC[C@H]1CC[C@H](c2cccc(C(F)(F)F)c2)O1. The lowest BCUT2D eigenvalue weighted by Crippen LogP contribution is -2.18. The van der Waals surface area contributed by atoms with Crippen molar-refractivity contribution in [1.29, 1.82) is 0 Å². The molecule has 1 fully saturated rings. The average Bonchev–Trinajstić information content (AvgIpc) is 2.76. The van der Waals surface area contributed by atoms with E-state index in [1.54, 1.807) is 6.07 Å². The van der Waals surface area contributed by atoms with E-state index < -0.39 is 11.7 Å². The molecule has 2 rings (SSSR count). The van der Waals surface area contributed by atoms with Crippen molar-refractivity contribution in [3.63, 3.8) is 0 Å². The fourth-order valence-corrected chi connectivity index (χ4v) is 2.04.